The number of fused-ring (bicyclic) bond motifs is 1. The minimum Gasteiger partial charge on any atom is -0.489 e. The van der Waals surface area contributed by atoms with Crippen LogP contribution in [0.5, 0.6) is 5.75 Å². The summed E-state index contributed by atoms with van der Waals surface area (Å²) in [5.74, 6) is 1.98. The Morgan fingerprint density at radius 1 is 1.39 bits per heavy atom. The molecule has 4 rings (SSSR count). The molecule has 2 aromatic rings. The molecule has 0 amide bonds. The number of carbonyl (C=O) groups is 1. The number of pyridine rings is 1. The van der Waals surface area contributed by atoms with Crippen molar-refractivity contribution in [2.24, 2.45) is 0 Å². The van der Waals surface area contributed by atoms with Gasteiger partial charge in [0.2, 0.25) is 0 Å². The van der Waals surface area contributed by atoms with Crippen molar-refractivity contribution in [3.63, 3.8) is 0 Å². The van der Waals surface area contributed by atoms with Crippen LogP contribution < -0.4 is 4.74 Å². The lowest BCUT2D eigenvalue weighted by Gasteiger charge is -2.26. The summed E-state index contributed by atoms with van der Waals surface area (Å²) >= 11 is 4.15. The molecule has 1 aliphatic carbocycles. The summed E-state index contributed by atoms with van der Waals surface area (Å²) in [5, 5.41) is 4.46. The average molecular weight is 332 g/mol. The topological polar surface area (TPSA) is 52.8 Å². The molecule has 0 spiro atoms. The highest BCUT2D eigenvalue weighted by Crippen LogP contribution is 2.44. The van der Waals surface area contributed by atoms with E-state index in [-0.39, 0.29) is 11.9 Å². The van der Waals surface area contributed by atoms with Gasteiger partial charge in [-0.25, -0.2) is 4.52 Å². The Balaban J connectivity index is 1.68. The van der Waals surface area contributed by atoms with Crippen molar-refractivity contribution >= 4 is 23.9 Å². The van der Waals surface area contributed by atoms with Gasteiger partial charge >= 0.3 is 0 Å². The standard InChI is InChI=1S/C17H20N2O3S/c20-15(6-8-23)13-9-18-19-14(13)3-4-16(17(19)11-1-2-11)22-10-12-5-7-21-12/h3-4,9,11-12,23H,1-2,5-8,10H2. The minimum atomic E-state index is 0.0910. The molecule has 122 valence electrons. The molecular formula is C17H20N2O3S. The van der Waals surface area contributed by atoms with E-state index in [2.05, 4.69) is 17.7 Å². The molecule has 2 fully saturated rings. The van der Waals surface area contributed by atoms with Crippen LogP contribution >= 0.6 is 12.6 Å². The number of nitrogens with zero attached hydrogens (tertiary/aromatic N) is 2. The molecule has 1 saturated carbocycles. The highest BCUT2D eigenvalue weighted by Gasteiger charge is 2.31. The van der Waals surface area contributed by atoms with E-state index in [1.54, 1.807) is 6.20 Å². The normalized spacial score (nSPS) is 20.5. The quantitative estimate of drug-likeness (QED) is 0.626. The van der Waals surface area contributed by atoms with E-state index in [1.807, 2.05) is 16.6 Å². The zero-order valence-corrected chi connectivity index (χ0v) is 13.8. The lowest BCUT2D eigenvalue weighted by Crippen LogP contribution is -2.32. The van der Waals surface area contributed by atoms with Gasteiger partial charge in [-0.3, -0.25) is 4.79 Å². The number of ether oxygens (including phenoxy) is 2. The Hall–Kier alpha value is -1.53. The maximum Gasteiger partial charge on any atom is 0.167 e. The Morgan fingerprint density at radius 2 is 2.22 bits per heavy atom. The molecule has 0 aromatic carbocycles. The summed E-state index contributed by atoms with van der Waals surface area (Å²) in [4.78, 5) is 12.2. The van der Waals surface area contributed by atoms with Gasteiger partial charge in [0.1, 0.15) is 12.4 Å². The first-order valence-corrected chi connectivity index (χ1v) is 8.80. The van der Waals surface area contributed by atoms with Crippen LogP contribution in [-0.4, -0.2) is 40.5 Å². The monoisotopic (exact) mass is 332 g/mol. The van der Waals surface area contributed by atoms with E-state index in [0.29, 0.717) is 30.3 Å². The predicted molar refractivity (Wildman–Crippen MR) is 89.8 cm³/mol. The fourth-order valence-electron chi connectivity index (χ4n) is 2.96. The van der Waals surface area contributed by atoms with E-state index < -0.39 is 0 Å². The van der Waals surface area contributed by atoms with Gasteiger partial charge in [-0.1, -0.05) is 0 Å². The van der Waals surface area contributed by atoms with Crippen LogP contribution in [0.2, 0.25) is 0 Å². The maximum atomic E-state index is 12.2. The molecule has 5 nitrogen and oxygen atoms in total. The van der Waals surface area contributed by atoms with Crippen LogP contribution in [0, 0.1) is 0 Å². The lowest BCUT2D eigenvalue weighted by atomic mass is 10.1. The summed E-state index contributed by atoms with van der Waals surface area (Å²) < 4.78 is 13.3. The number of rotatable bonds is 7. The molecule has 1 atom stereocenters. The van der Waals surface area contributed by atoms with Crippen molar-refractivity contribution in [3.05, 3.63) is 29.6 Å². The van der Waals surface area contributed by atoms with Crippen molar-refractivity contribution in [1.29, 1.82) is 0 Å². The molecule has 2 aliphatic rings. The van der Waals surface area contributed by atoms with Crippen molar-refractivity contribution < 1.29 is 14.3 Å². The lowest BCUT2D eigenvalue weighted by molar-refractivity contribution is -0.0722. The van der Waals surface area contributed by atoms with Gasteiger partial charge in [-0.2, -0.15) is 17.7 Å². The molecule has 1 unspecified atom stereocenters. The van der Waals surface area contributed by atoms with Gasteiger partial charge in [0.05, 0.1) is 29.1 Å². The summed E-state index contributed by atoms with van der Waals surface area (Å²) in [6.45, 7) is 1.41. The first-order chi connectivity index (χ1) is 11.3. The van der Waals surface area contributed by atoms with Crippen molar-refractivity contribution in [3.8, 4) is 5.75 Å². The van der Waals surface area contributed by atoms with Gasteiger partial charge in [0.15, 0.2) is 5.78 Å². The Morgan fingerprint density at radius 3 is 2.87 bits per heavy atom. The van der Waals surface area contributed by atoms with Crippen LogP contribution in [0.25, 0.3) is 5.52 Å². The van der Waals surface area contributed by atoms with E-state index in [0.717, 1.165) is 42.8 Å². The van der Waals surface area contributed by atoms with Gasteiger partial charge in [-0.05, 0) is 30.7 Å². The molecule has 0 N–H and O–H groups in total. The third-order valence-electron chi connectivity index (χ3n) is 4.50. The third kappa shape index (κ3) is 2.85. The molecule has 23 heavy (non-hydrogen) atoms. The number of Topliss-reactive ketones (excluding diaryl/α,β-unsaturated/α-hetero) is 1. The Kier molecular flexibility index (Phi) is 4.03. The zero-order chi connectivity index (χ0) is 15.8. The summed E-state index contributed by atoms with van der Waals surface area (Å²) in [7, 11) is 0. The van der Waals surface area contributed by atoms with Crippen LogP contribution in [0.4, 0.5) is 0 Å². The second-order valence-corrected chi connectivity index (χ2v) is 6.65. The molecule has 3 heterocycles. The first kappa shape index (κ1) is 15.0. The van der Waals surface area contributed by atoms with Gasteiger partial charge < -0.3 is 9.47 Å². The second kappa shape index (κ2) is 6.17. The number of carbonyl (C=O) groups excluding carboxylic acids is 1. The summed E-state index contributed by atoms with van der Waals surface area (Å²) in [6.07, 6.45) is 5.67. The third-order valence-corrected chi connectivity index (χ3v) is 4.72. The molecule has 0 radical (unpaired) electrons. The smallest absolute Gasteiger partial charge is 0.167 e. The molecule has 2 aromatic heterocycles. The minimum absolute atomic E-state index is 0.0910. The van der Waals surface area contributed by atoms with E-state index in [9.17, 15) is 4.79 Å². The van der Waals surface area contributed by atoms with E-state index in [4.69, 9.17) is 9.47 Å². The predicted octanol–water partition coefficient (Wildman–Crippen LogP) is 2.88. The Bertz CT molecular complexity index is 735. The SMILES string of the molecule is O=C(CCS)c1cnn2c(C3CC3)c(OCC3CCO3)ccc12. The molecule has 6 heteroatoms. The molecule has 0 bridgehead atoms. The number of ketones is 1. The van der Waals surface area contributed by atoms with Gasteiger partial charge in [-0.15, -0.1) is 0 Å². The van der Waals surface area contributed by atoms with Crippen LogP contribution in [0.1, 0.15) is 47.7 Å². The molecular weight excluding hydrogens is 312 g/mol. The zero-order valence-electron chi connectivity index (χ0n) is 12.9. The number of hydrogen-bond acceptors (Lipinski definition) is 5. The second-order valence-electron chi connectivity index (χ2n) is 6.20. The van der Waals surface area contributed by atoms with E-state index >= 15 is 0 Å². The Labute approximate surface area is 140 Å². The van der Waals surface area contributed by atoms with Gasteiger partial charge in [0.25, 0.3) is 0 Å². The largest absolute Gasteiger partial charge is 0.489 e. The summed E-state index contributed by atoms with van der Waals surface area (Å²) in [5.41, 5.74) is 2.63. The fourth-order valence-corrected chi connectivity index (χ4v) is 3.16. The van der Waals surface area contributed by atoms with Gasteiger partial charge in [0, 0.05) is 25.4 Å². The first-order valence-electron chi connectivity index (χ1n) is 8.17. The summed E-state index contributed by atoms with van der Waals surface area (Å²) in [6, 6.07) is 3.91. The van der Waals surface area contributed by atoms with E-state index in [1.165, 1.54) is 0 Å². The highest BCUT2D eigenvalue weighted by atomic mass is 32.1. The number of hydrogen-bond donors (Lipinski definition) is 1. The number of thiol groups is 1. The highest BCUT2D eigenvalue weighted by molar-refractivity contribution is 7.80. The van der Waals surface area contributed by atoms with Crippen molar-refractivity contribution in [2.75, 3.05) is 19.0 Å². The maximum absolute atomic E-state index is 12.2. The average Bonchev–Trinajstić information content (AvgIpc) is 3.23. The molecule has 1 aliphatic heterocycles. The van der Waals surface area contributed by atoms with Crippen molar-refractivity contribution in [2.45, 2.75) is 37.7 Å². The fraction of sp³-hybridized carbons (Fsp3) is 0.529. The van der Waals surface area contributed by atoms with Crippen LogP contribution in [-0.2, 0) is 4.74 Å². The molecule has 1 saturated heterocycles. The van der Waals surface area contributed by atoms with Crippen molar-refractivity contribution in [1.82, 2.24) is 9.61 Å². The van der Waals surface area contributed by atoms with Crippen LogP contribution in [0.15, 0.2) is 18.3 Å². The van der Waals surface area contributed by atoms with Crippen LogP contribution in [0.3, 0.4) is 0 Å². The number of aromatic nitrogens is 2.